The molecule has 5 nitrogen and oxygen atoms in total. The molecule has 8 aromatic carbocycles. The van der Waals surface area contributed by atoms with Crippen LogP contribution in [0.3, 0.4) is 0 Å². The van der Waals surface area contributed by atoms with Gasteiger partial charge in [-0.3, -0.25) is 9.55 Å². The summed E-state index contributed by atoms with van der Waals surface area (Å²) in [6, 6.07) is 64.9. The Balaban J connectivity index is 0.00000498. The number of phenols is 1. The first-order valence-electron chi connectivity index (χ1n) is 21.9. The smallest absolute Gasteiger partial charge is 0.152 e. The second-order valence-electron chi connectivity index (χ2n) is 18.4. The Morgan fingerprint density at radius 3 is 1.97 bits per heavy atom. The van der Waals surface area contributed by atoms with Crippen LogP contribution in [-0.2, 0) is 31.9 Å². The molecule has 0 aliphatic carbocycles. The molecule has 0 radical (unpaired) electrons. The molecular weight excluding hydrogens is 978 g/mol. The topological polar surface area (TPSA) is 64.1 Å². The largest absolute Gasteiger partial charge is 0.507 e. The SMILES string of the molecule is CC(C)(C)c1ccc(-n2c(-c3ccccc3O)nc3c(-c4[c-]c(-c5cc6c(cn5)oc5cc7ccccc7cc56)cc(C(C)(C)c5ccccc5)c4)cccc32)c(-c2ccccc2)c1.[Pt]. The minimum atomic E-state index is -0.376. The van der Waals surface area contributed by atoms with Crippen LogP contribution in [0.1, 0.15) is 51.3 Å². The third kappa shape index (κ3) is 7.34. The first-order valence-corrected chi connectivity index (χ1v) is 21.9. The molecule has 0 saturated carbocycles. The molecule has 0 aliphatic rings. The quantitative estimate of drug-likeness (QED) is 0.162. The maximum Gasteiger partial charge on any atom is 0.152 e. The zero-order valence-electron chi connectivity index (χ0n) is 36.8. The summed E-state index contributed by atoms with van der Waals surface area (Å²) in [5.41, 5.74) is 13.7. The van der Waals surface area contributed by atoms with E-state index in [9.17, 15) is 5.11 Å². The monoisotopic (exact) mass is 1020 g/mol. The number of furan rings is 1. The fraction of sp³-hybridized carbons (Fsp3) is 0.119. The van der Waals surface area contributed by atoms with Crippen LogP contribution < -0.4 is 0 Å². The Morgan fingerprint density at radius 1 is 0.554 bits per heavy atom. The molecule has 1 N–H and O–H groups in total. The van der Waals surface area contributed by atoms with Crippen LogP contribution in [0.5, 0.6) is 5.75 Å². The summed E-state index contributed by atoms with van der Waals surface area (Å²) >= 11 is 0. The molecule has 320 valence electrons. The van der Waals surface area contributed by atoms with Gasteiger partial charge in [0.15, 0.2) is 5.58 Å². The fourth-order valence-electron chi connectivity index (χ4n) is 9.20. The van der Waals surface area contributed by atoms with Crippen LogP contribution in [0.15, 0.2) is 187 Å². The molecule has 0 atom stereocenters. The van der Waals surface area contributed by atoms with Gasteiger partial charge in [-0.25, -0.2) is 4.98 Å². The number of imidazole rings is 1. The second kappa shape index (κ2) is 16.2. The van der Waals surface area contributed by atoms with Gasteiger partial charge in [0.1, 0.15) is 17.2 Å². The van der Waals surface area contributed by atoms with Crippen LogP contribution in [0.4, 0.5) is 0 Å². The summed E-state index contributed by atoms with van der Waals surface area (Å²) in [6.07, 6.45) is 1.84. The number of rotatable bonds is 7. The van der Waals surface area contributed by atoms with Gasteiger partial charge in [0.25, 0.3) is 0 Å². The molecule has 0 saturated heterocycles. The average Bonchev–Trinajstić information content (AvgIpc) is 3.88. The van der Waals surface area contributed by atoms with Crippen molar-refractivity contribution in [1.29, 1.82) is 0 Å². The first kappa shape index (κ1) is 41.9. The number of phenolic OH excluding ortho intramolecular Hbond substituents is 1. The van der Waals surface area contributed by atoms with E-state index in [0.29, 0.717) is 11.4 Å². The first-order chi connectivity index (χ1) is 31.0. The predicted molar refractivity (Wildman–Crippen MR) is 263 cm³/mol. The molecule has 65 heavy (non-hydrogen) atoms. The van der Waals surface area contributed by atoms with Crippen molar-refractivity contribution in [2.45, 2.75) is 45.4 Å². The van der Waals surface area contributed by atoms with Crippen molar-refractivity contribution in [3.05, 3.63) is 205 Å². The maximum absolute atomic E-state index is 11.5. The van der Waals surface area contributed by atoms with Crippen molar-refractivity contribution in [2.24, 2.45) is 0 Å². The Labute approximate surface area is 393 Å². The Bertz CT molecular complexity index is 3580. The third-order valence-corrected chi connectivity index (χ3v) is 12.9. The zero-order valence-corrected chi connectivity index (χ0v) is 39.1. The molecule has 11 rings (SSSR count). The van der Waals surface area contributed by atoms with Gasteiger partial charge in [0, 0.05) is 48.5 Å². The average molecular weight is 1020 g/mol. The number of pyridine rings is 1. The van der Waals surface area contributed by atoms with Gasteiger partial charge in [-0.15, -0.1) is 29.3 Å². The van der Waals surface area contributed by atoms with Gasteiger partial charge < -0.3 is 9.52 Å². The van der Waals surface area contributed by atoms with Crippen molar-refractivity contribution >= 4 is 43.7 Å². The molecule has 0 amide bonds. The normalized spacial score (nSPS) is 12.0. The Morgan fingerprint density at radius 2 is 1.22 bits per heavy atom. The van der Waals surface area contributed by atoms with Crippen molar-refractivity contribution in [3.63, 3.8) is 0 Å². The number of para-hydroxylation sites is 2. The summed E-state index contributed by atoms with van der Waals surface area (Å²) in [7, 11) is 0. The third-order valence-electron chi connectivity index (χ3n) is 12.9. The van der Waals surface area contributed by atoms with Crippen LogP contribution in [0, 0.1) is 6.07 Å². The second-order valence-corrected chi connectivity index (χ2v) is 18.4. The van der Waals surface area contributed by atoms with E-state index in [1.807, 2.05) is 30.5 Å². The molecule has 0 fully saturated rings. The van der Waals surface area contributed by atoms with E-state index >= 15 is 0 Å². The molecule has 0 spiro atoms. The van der Waals surface area contributed by atoms with E-state index in [2.05, 4.69) is 191 Å². The van der Waals surface area contributed by atoms with Crippen LogP contribution in [0.2, 0.25) is 0 Å². The summed E-state index contributed by atoms with van der Waals surface area (Å²) in [5.74, 6) is 0.809. The van der Waals surface area contributed by atoms with Gasteiger partial charge in [-0.2, -0.15) is 0 Å². The van der Waals surface area contributed by atoms with Crippen molar-refractivity contribution in [2.75, 3.05) is 0 Å². The van der Waals surface area contributed by atoms with Crippen molar-refractivity contribution < 1.29 is 30.6 Å². The van der Waals surface area contributed by atoms with E-state index < -0.39 is 0 Å². The number of hydrogen-bond donors (Lipinski definition) is 1. The molecule has 6 heteroatoms. The van der Waals surface area contributed by atoms with Gasteiger partial charge in [-0.1, -0.05) is 167 Å². The zero-order chi connectivity index (χ0) is 43.7. The molecule has 11 aromatic rings. The van der Waals surface area contributed by atoms with E-state index in [-0.39, 0.29) is 37.6 Å². The van der Waals surface area contributed by atoms with Gasteiger partial charge >= 0.3 is 0 Å². The number of nitrogens with zero attached hydrogens (tertiary/aromatic N) is 3. The number of aromatic nitrogens is 3. The number of benzene rings is 8. The van der Waals surface area contributed by atoms with E-state index in [4.69, 9.17) is 14.4 Å². The molecule has 0 unspecified atom stereocenters. The number of aromatic hydroxyl groups is 1. The summed E-state index contributed by atoms with van der Waals surface area (Å²) in [6.45, 7) is 11.3. The molecular formula is C59H46N3O2Pt-. The summed E-state index contributed by atoms with van der Waals surface area (Å²) in [5, 5.41) is 15.8. The molecule has 3 aromatic heterocycles. The van der Waals surface area contributed by atoms with E-state index in [1.54, 1.807) is 6.07 Å². The maximum atomic E-state index is 11.5. The minimum absolute atomic E-state index is 0. The minimum Gasteiger partial charge on any atom is -0.507 e. The van der Waals surface area contributed by atoms with Crippen molar-refractivity contribution in [1.82, 2.24) is 14.5 Å². The van der Waals surface area contributed by atoms with E-state index in [1.165, 1.54) is 11.1 Å². The standard InChI is InChI=1S/C59H46N3O2.Pt/c1-58(2,3)43-27-28-51(47(34-43)37-17-8-6-9-18-37)62-52-25-16-24-45(56(52)61-57(62)46-23-14-15-26-53(46)63)40-29-41(31-44(30-40)59(4,5)42-21-10-7-11-22-42)50-35-49-48-32-38-19-12-13-20-39(38)33-54(48)64-55(49)36-60-50;/h6-28,30-36,63H,1-5H3;/q-1;. The van der Waals surface area contributed by atoms with Gasteiger partial charge in [0.05, 0.1) is 28.5 Å². The molecule has 0 bridgehead atoms. The Kier molecular flexibility index (Phi) is 10.4. The Hall–Kier alpha value is -7.07. The fourth-order valence-corrected chi connectivity index (χ4v) is 9.20. The van der Waals surface area contributed by atoms with Crippen LogP contribution >= 0.6 is 0 Å². The van der Waals surface area contributed by atoms with Crippen LogP contribution in [0.25, 0.3) is 94.3 Å². The molecule has 3 heterocycles. The predicted octanol–water partition coefficient (Wildman–Crippen LogP) is 15.3. The van der Waals surface area contributed by atoms with Gasteiger partial charge in [-0.05, 0) is 75.3 Å². The summed E-state index contributed by atoms with van der Waals surface area (Å²) < 4.78 is 8.59. The summed E-state index contributed by atoms with van der Waals surface area (Å²) in [4.78, 5) is 10.5. The number of fused-ring (bicyclic) bond motifs is 5. The van der Waals surface area contributed by atoms with Gasteiger partial charge in [0.2, 0.25) is 0 Å². The number of hydrogen-bond acceptors (Lipinski definition) is 4. The van der Waals surface area contributed by atoms with Crippen LogP contribution in [-0.4, -0.2) is 19.6 Å². The van der Waals surface area contributed by atoms with Crippen molar-refractivity contribution in [3.8, 4) is 56.3 Å². The molecule has 0 aliphatic heterocycles. The van der Waals surface area contributed by atoms with E-state index in [0.717, 1.165) is 88.5 Å².